The Morgan fingerprint density at radius 1 is 1.13 bits per heavy atom. The van der Waals surface area contributed by atoms with E-state index in [1.807, 2.05) is 12.1 Å². The van der Waals surface area contributed by atoms with Crippen molar-refractivity contribution < 1.29 is 9.59 Å². The van der Waals surface area contributed by atoms with E-state index < -0.39 is 0 Å². The molecule has 204 valence electrons. The molecule has 1 fully saturated rings. The van der Waals surface area contributed by atoms with Crippen molar-refractivity contribution in [1.29, 1.82) is 0 Å². The van der Waals surface area contributed by atoms with Crippen molar-refractivity contribution in [2.24, 2.45) is 5.92 Å². The number of fused-ring (bicyclic) bond motifs is 1. The lowest BCUT2D eigenvalue weighted by molar-refractivity contribution is -0.132. The van der Waals surface area contributed by atoms with Gasteiger partial charge in [-0.1, -0.05) is 49.6 Å². The quantitative estimate of drug-likeness (QED) is 0.302. The number of carbonyl (C=O) groups is 2. The Kier molecular flexibility index (Phi) is 8.31. The van der Waals surface area contributed by atoms with E-state index in [1.165, 1.54) is 17.3 Å². The number of amides is 2. The highest BCUT2D eigenvalue weighted by atomic mass is 35.5. The van der Waals surface area contributed by atoms with Gasteiger partial charge in [0.25, 0.3) is 5.91 Å². The van der Waals surface area contributed by atoms with E-state index in [9.17, 15) is 9.59 Å². The monoisotopic (exact) mass is 546 g/mol. The number of halogens is 1. The molecule has 1 atom stereocenters. The molecule has 1 aliphatic carbocycles. The van der Waals surface area contributed by atoms with E-state index in [0.717, 1.165) is 57.3 Å². The zero-order valence-corrected chi connectivity index (χ0v) is 23.2. The first-order valence-corrected chi connectivity index (χ1v) is 14.1. The number of hydrogen-bond acceptors (Lipinski definition) is 6. The van der Waals surface area contributed by atoms with Gasteiger partial charge in [0.2, 0.25) is 11.9 Å². The summed E-state index contributed by atoms with van der Waals surface area (Å²) in [6, 6.07) is 13.6. The first kappa shape index (κ1) is 26.9. The third-order valence-electron chi connectivity index (χ3n) is 7.47. The summed E-state index contributed by atoms with van der Waals surface area (Å²) in [5.41, 5.74) is 4.57. The van der Waals surface area contributed by atoms with E-state index in [1.54, 1.807) is 25.2 Å². The van der Waals surface area contributed by atoms with Gasteiger partial charge in [-0.05, 0) is 61.1 Å². The number of nitrogens with one attached hydrogen (secondary N) is 3. The molecule has 3 aromatic rings. The largest absolute Gasteiger partial charge is 0.355 e. The highest BCUT2D eigenvalue weighted by Gasteiger charge is 2.35. The summed E-state index contributed by atoms with van der Waals surface area (Å²) in [4.78, 5) is 36.3. The molecule has 2 aliphatic rings. The molecule has 3 N–H and O–H groups in total. The summed E-state index contributed by atoms with van der Waals surface area (Å²) in [6.07, 6.45) is 7.77. The van der Waals surface area contributed by atoms with Gasteiger partial charge in [0.05, 0.1) is 17.4 Å². The minimum atomic E-state index is -0.207. The Morgan fingerprint density at radius 3 is 2.72 bits per heavy atom. The van der Waals surface area contributed by atoms with E-state index in [-0.39, 0.29) is 11.8 Å². The van der Waals surface area contributed by atoms with Gasteiger partial charge in [0.15, 0.2) is 5.82 Å². The number of hydrogen-bond donors (Lipinski definition) is 3. The number of nitrogens with zero attached hydrogens (tertiary/aromatic N) is 3. The second-order valence-electron chi connectivity index (χ2n) is 10.3. The molecule has 1 aromatic heterocycles. The Balaban J connectivity index is 1.38. The second-order valence-corrected chi connectivity index (χ2v) is 10.7. The van der Waals surface area contributed by atoms with Crippen LogP contribution in [0, 0.1) is 5.92 Å². The normalized spacial score (nSPS) is 16.7. The Morgan fingerprint density at radius 2 is 1.95 bits per heavy atom. The molecule has 5 rings (SSSR count). The van der Waals surface area contributed by atoms with Crippen LogP contribution in [-0.4, -0.2) is 46.8 Å². The molecule has 9 heteroatoms. The molecule has 2 amide bonds. The Hall–Kier alpha value is -3.65. The molecular weight excluding hydrogens is 512 g/mol. The third kappa shape index (κ3) is 6.33. The Labute approximate surface area is 234 Å². The summed E-state index contributed by atoms with van der Waals surface area (Å²) in [5.74, 6) is 1.45. The first-order chi connectivity index (χ1) is 19.0. The van der Waals surface area contributed by atoms with Crippen molar-refractivity contribution in [3.8, 4) is 0 Å². The smallest absolute Gasteiger partial charge is 0.253 e. The number of para-hydroxylation sites is 1. The van der Waals surface area contributed by atoms with Crippen molar-refractivity contribution in [3.05, 3.63) is 70.4 Å². The number of unbranched alkanes of at least 4 members (excludes halogenated alkanes) is 1. The summed E-state index contributed by atoms with van der Waals surface area (Å²) in [6.45, 7) is 3.77. The van der Waals surface area contributed by atoms with Crippen molar-refractivity contribution in [1.82, 2.24) is 20.2 Å². The molecule has 1 unspecified atom stereocenters. The van der Waals surface area contributed by atoms with Gasteiger partial charge in [-0.2, -0.15) is 4.98 Å². The highest BCUT2D eigenvalue weighted by Crippen LogP contribution is 2.36. The summed E-state index contributed by atoms with van der Waals surface area (Å²) in [5, 5.41) is 9.51. The lowest BCUT2D eigenvalue weighted by atomic mass is 9.89. The van der Waals surface area contributed by atoms with Crippen molar-refractivity contribution in [2.45, 2.75) is 51.4 Å². The van der Waals surface area contributed by atoms with Crippen LogP contribution in [0.25, 0.3) is 0 Å². The molecular formula is C30H35ClN6O2. The average Bonchev–Trinajstić information content (AvgIpc) is 3.81. The van der Waals surface area contributed by atoms with Crippen molar-refractivity contribution in [2.75, 3.05) is 30.8 Å². The maximum atomic E-state index is 12.9. The van der Waals surface area contributed by atoms with E-state index in [2.05, 4.69) is 49.9 Å². The molecule has 0 saturated heterocycles. The van der Waals surface area contributed by atoms with Crippen LogP contribution in [0.3, 0.4) is 0 Å². The molecule has 2 aromatic carbocycles. The van der Waals surface area contributed by atoms with E-state index in [4.69, 9.17) is 11.6 Å². The van der Waals surface area contributed by atoms with Gasteiger partial charge in [-0.3, -0.25) is 9.59 Å². The molecule has 0 radical (unpaired) electrons. The molecule has 0 bridgehead atoms. The number of aromatic nitrogens is 2. The number of rotatable bonds is 9. The highest BCUT2D eigenvalue weighted by molar-refractivity contribution is 6.33. The van der Waals surface area contributed by atoms with Crippen LogP contribution in [0.1, 0.15) is 66.4 Å². The Bertz CT molecular complexity index is 1360. The topological polar surface area (TPSA) is 99.3 Å². The zero-order chi connectivity index (χ0) is 27.4. The fraction of sp³-hybridized carbons (Fsp3) is 0.400. The molecule has 0 spiro atoms. The van der Waals surface area contributed by atoms with Gasteiger partial charge in [-0.15, -0.1) is 0 Å². The first-order valence-electron chi connectivity index (χ1n) is 13.8. The lowest BCUT2D eigenvalue weighted by Crippen LogP contribution is -2.35. The van der Waals surface area contributed by atoms with Crippen LogP contribution >= 0.6 is 11.6 Å². The zero-order valence-electron chi connectivity index (χ0n) is 22.5. The van der Waals surface area contributed by atoms with Gasteiger partial charge in [0, 0.05) is 37.7 Å². The number of carbonyl (C=O) groups excluding carboxylic acids is 2. The molecule has 1 aliphatic heterocycles. The van der Waals surface area contributed by atoms with Crippen molar-refractivity contribution >= 4 is 46.6 Å². The van der Waals surface area contributed by atoms with Crippen LogP contribution in [0.15, 0.2) is 48.7 Å². The molecule has 2 heterocycles. The number of anilines is 4. The van der Waals surface area contributed by atoms with Crippen molar-refractivity contribution in [3.63, 3.8) is 0 Å². The summed E-state index contributed by atoms with van der Waals surface area (Å²) >= 11 is 6.41. The molecule has 1 saturated carbocycles. The van der Waals surface area contributed by atoms with Gasteiger partial charge in [-0.25, -0.2) is 4.98 Å². The summed E-state index contributed by atoms with van der Waals surface area (Å²) in [7, 11) is 1.59. The lowest BCUT2D eigenvalue weighted by Gasteiger charge is -2.25. The maximum absolute atomic E-state index is 12.9. The fourth-order valence-corrected chi connectivity index (χ4v) is 5.31. The molecule has 39 heavy (non-hydrogen) atoms. The predicted molar refractivity (Wildman–Crippen MR) is 155 cm³/mol. The van der Waals surface area contributed by atoms with Crippen LogP contribution in [0.5, 0.6) is 0 Å². The van der Waals surface area contributed by atoms with Crippen LogP contribution in [0.4, 0.5) is 23.1 Å². The predicted octanol–water partition coefficient (Wildman–Crippen LogP) is 6.05. The fourth-order valence-electron chi connectivity index (χ4n) is 5.17. The standard InChI is InChI=1S/C30H35ClN6O2/c1-3-4-7-21-18-37(29(39)20-10-11-20)15-14-19-12-13-22(16-24(19)21)34-30-33-17-25(31)27(36-30)35-26-9-6-5-8-23(26)28(38)32-2/h5-6,8-9,12-13,16-17,20-21H,3-4,7,10-11,14-15,18H2,1-2H3,(H,32,38)(H2,33,34,35,36). The third-order valence-corrected chi connectivity index (χ3v) is 7.75. The van der Waals surface area contributed by atoms with Crippen LogP contribution in [0.2, 0.25) is 5.02 Å². The van der Waals surface area contributed by atoms with E-state index in [0.29, 0.717) is 39.9 Å². The molecule has 8 nitrogen and oxygen atoms in total. The van der Waals surface area contributed by atoms with Gasteiger partial charge < -0.3 is 20.9 Å². The van der Waals surface area contributed by atoms with Crippen LogP contribution in [-0.2, 0) is 11.2 Å². The minimum absolute atomic E-state index is 0.207. The average molecular weight is 547 g/mol. The van der Waals surface area contributed by atoms with Gasteiger partial charge in [0.1, 0.15) is 5.02 Å². The minimum Gasteiger partial charge on any atom is -0.355 e. The second kappa shape index (κ2) is 12.0. The van der Waals surface area contributed by atoms with Crippen LogP contribution < -0.4 is 16.0 Å². The number of benzene rings is 2. The maximum Gasteiger partial charge on any atom is 0.253 e. The summed E-state index contributed by atoms with van der Waals surface area (Å²) < 4.78 is 0. The SMILES string of the molecule is CCCCC1CN(C(=O)C2CC2)CCc2ccc(Nc3ncc(Cl)c(Nc4ccccc4C(=O)NC)n3)cc21. The van der Waals surface area contributed by atoms with Gasteiger partial charge >= 0.3 is 0 Å². The van der Waals surface area contributed by atoms with E-state index >= 15 is 0 Å².